The normalized spacial score (nSPS) is 14.3. The van der Waals surface area contributed by atoms with Crippen molar-refractivity contribution in [3.05, 3.63) is 28.0 Å². The molecule has 1 aromatic rings. The molecule has 3 nitrogen and oxygen atoms in total. The van der Waals surface area contributed by atoms with E-state index in [-0.39, 0.29) is 11.4 Å². The van der Waals surface area contributed by atoms with Gasteiger partial charge in [0.05, 0.1) is 7.11 Å². The lowest BCUT2D eigenvalue weighted by Crippen LogP contribution is -2.04. The second-order valence-corrected chi connectivity index (χ2v) is 2.96. The summed E-state index contributed by atoms with van der Waals surface area (Å²) in [7, 11) is 1.21. The van der Waals surface area contributed by atoms with Gasteiger partial charge in [0.15, 0.2) is 0 Å². The Kier molecular flexibility index (Phi) is 1.74. The maximum atomic E-state index is 11.2. The first kappa shape index (κ1) is 5.70. The molecule has 0 bridgehead atoms. The van der Waals surface area contributed by atoms with Crippen molar-refractivity contribution in [1.82, 2.24) is 4.98 Å². The Labute approximate surface area is 83.1 Å². The van der Waals surface area contributed by atoms with Gasteiger partial charge in [-0.1, -0.05) is 15.9 Å². The monoisotopic (exact) mass is 232 g/mol. The van der Waals surface area contributed by atoms with Crippen LogP contribution in [0.5, 0.6) is 0 Å². The van der Waals surface area contributed by atoms with E-state index in [0.717, 1.165) is 0 Å². The largest absolute Gasteiger partial charge is 0.464 e. The van der Waals surface area contributed by atoms with E-state index in [1.165, 1.54) is 19.2 Å². The van der Waals surface area contributed by atoms with Crippen molar-refractivity contribution in [3.63, 3.8) is 0 Å². The van der Waals surface area contributed by atoms with Crippen LogP contribution in [0.2, 0.25) is 0 Å². The van der Waals surface area contributed by atoms with Gasteiger partial charge in [0, 0.05) is 14.3 Å². The van der Waals surface area contributed by atoms with Crippen LogP contribution in [0.4, 0.5) is 0 Å². The summed E-state index contributed by atoms with van der Waals surface area (Å²) in [6, 6.07) is 2.75. The first-order valence-corrected chi connectivity index (χ1v) is 3.90. The quantitative estimate of drug-likeness (QED) is 0.696. The maximum Gasteiger partial charge on any atom is 0.356 e. The lowest BCUT2D eigenvalue weighted by atomic mass is 10.3. The van der Waals surface area contributed by atoms with Crippen molar-refractivity contribution < 1.29 is 13.6 Å². The van der Waals surface area contributed by atoms with Gasteiger partial charge < -0.3 is 4.74 Å². The smallest absolute Gasteiger partial charge is 0.356 e. The number of halogens is 1. The fourth-order valence-electron chi connectivity index (χ4n) is 0.706. The van der Waals surface area contributed by atoms with E-state index in [1.807, 2.05) is 0 Å². The van der Waals surface area contributed by atoms with Crippen LogP contribution in [0.25, 0.3) is 0 Å². The molecule has 4 heteroatoms. The number of ether oxygens (including phenoxy) is 1. The first-order valence-electron chi connectivity index (χ1n) is 4.61. The molecule has 12 heavy (non-hydrogen) atoms. The van der Waals surface area contributed by atoms with E-state index >= 15 is 0 Å². The Balaban J connectivity index is 3.23. The Bertz CT molecular complexity index is 392. The molecule has 0 saturated heterocycles. The molecule has 1 aromatic heterocycles. The van der Waals surface area contributed by atoms with Crippen LogP contribution in [0.3, 0.4) is 0 Å². The third kappa shape index (κ3) is 2.04. The van der Waals surface area contributed by atoms with Gasteiger partial charge in [0.2, 0.25) is 0 Å². The van der Waals surface area contributed by atoms with Crippen LogP contribution in [0, 0.1) is 6.85 Å². The van der Waals surface area contributed by atoms with Crippen LogP contribution in [0.1, 0.15) is 20.3 Å². The Morgan fingerprint density at radius 3 is 3.08 bits per heavy atom. The molecule has 0 amide bonds. The van der Waals surface area contributed by atoms with E-state index in [2.05, 4.69) is 25.7 Å². The van der Waals surface area contributed by atoms with Crippen molar-refractivity contribution in [3.8, 4) is 0 Å². The fraction of sp³-hybridized carbons (Fsp3) is 0.250. The van der Waals surface area contributed by atoms with Crippen molar-refractivity contribution >= 4 is 21.9 Å². The van der Waals surface area contributed by atoms with Gasteiger partial charge in [-0.05, 0) is 19.0 Å². The second-order valence-electron chi connectivity index (χ2n) is 2.05. The number of carbonyl (C=O) groups excluding carboxylic acids is 1. The van der Waals surface area contributed by atoms with E-state index in [0.29, 0.717) is 4.47 Å². The fourth-order valence-corrected chi connectivity index (χ4v) is 1.14. The number of esters is 1. The standard InChI is InChI=1S/C8H8BrNO2/c1-5-3-6(9)4-7(10-5)8(11)12-2/h3-4H,1-2H3/i1D3. The summed E-state index contributed by atoms with van der Waals surface area (Å²) in [5, 5.41) is 0. The number of pyridine rings is 1. The molecule has 0 N–H and O–H groups in total. The molecule has 0 aliphatic rings. The Morgan fingerprint density at radius 2 is 2.50 bits per heavy atom. The number of hydrogen-bond donors (Lipinski definition) is 0. The molecule has 0 aromatic carbocycles. The zero-order valence-electron chi connectivity index (χ0n) is 9.30. The predicted molar refractivity (Wildman–Crippen MR) is 48.0 cm³/mol. The molecule has 64 valence electrons. The highest BCUT2D eigenvalue weighted by Crippen LogP contribution is 2.12. The SMILES string of the molecule is [2H]C([2H])([2H])c1cc(Br)cc(C(=O)OC)n1. The zero-order chi connectivity index (χ0) is 11.6. The summed E-state index contributed by atoms with van der Waals surface area (Å²) < 4.78 is 26.4. The van der Waals surface area contributed by atoms with Gasteiger partial charge >= 0.3 is 5.97 Å². The van der Waals surface area contributed by atoms with Gasteiger partial charge in [0.1, 0.15) is 5.69 Å². The lowest BCUT2D eigenvalue weighted by Gasteiger charge is -2.00. The number of carbonyl (C=O) groups is 1. The van der Waals surface area contributed by atoms with Crippen molar-refractivity contribution in [2.24, 2.45) is 0 Å². The minimum atomic E-state index is -2.34. The lowest BCUT2D eigenvalue weighted by molar-refractivity contribution is 0.0593. The maximum absolute atomic E-state index is 11.2. The number of aromatic nitrogens is 1. The number of nitrogens with zero attached hydrogens (tertiary/aromatic N) is 1. The molecule has 0 aliphatic carbocycles. The highest BCUT2D eigenvalue weighted by molar-refractivity contribution is 9.10. The molecular weight excluding hydrogens is 222 g/mol. The molecule has 0 unspecified atom stereocenters. The zero-order valence-corrected chi connectivity index (χ0v) is 7.88. The third-order valence-corrected chi connectivity index (χ3v) is 1.64. The summed E-state index contributed by atoms with van der Waals surface area (Å²) in [4.78, 5) is 14.9. The topological polar surface area (TPSA) is 39.2 Å². The third-order valence-electron chi connectivity index (χ3n) is 1.18. The molecule has 0 spiro atoms. The molecule has 0 aliphatic heterocycles. The van der Waals surface area contributed by atoms with Crippen LogP contribution < -0.4 is 0 Å². The summed E-state index contributed by atoms with van der Waals surface area (Å²) in [6.45, 7) is -2.34. The number of rotatable bonds is 1. The van der Waals surface area contributed by atoms with Gasteiger partial charge in [-0.15, -0.1) is 0 Å². The molecule has 1 rings (SSSR count). The van der Waals surface area contributed by atoms with E-state index in [1.54, 1.807) is 0 Å². The van der Waals surface area contributed by atoms with Crippen LogP contribution >= 0.6 is 15.9 Å². The van der Waals surface area contributed by atoms with Crippen molar-refractivity contribution in [2.45, 2.75) is 6.85 Å². The minimum absolute atomic E-state index is 0.0296. The number of aryl methyl sites for hydroxylation is 1. The second kappa shape index (κ2) is 3.67. The highest BCUT2D eigenvalue weighted by Gasteiger charge is 2.07. The van der Waals surface area contributed by atoms with Gasteiger partial charge in [0.25, 0.3) is 0 Å². The average molecular weight is 233 g/mol. The Hall–Kier alpha value is -0.900. The summed E-state index contributed by atoms with van der Waals surface area (Å²) >= 11 is 3.11. The van der Waals surface area contributed by atoms with Crippen LogP contribution in [-0.4, -0.2) is 18.1 Å². The number of methoxy groups -OCH3 is 1. The minimum Gasteiger partial charge on any atom is -0.464 e. The van der Waals surface area contributed by atoms with Gasteiger partial charge in [-0.25, -0.2) is 9.78 Å². The van der Waals surface area contributed by atoms with Crippen LogP contribution in [0.15, 0.2) is 16.6 Å². The molecule has 0 atom stereocenters. The van der Waals surface area contributed by atoms with E-state index < -0.39 is 12.8 Å². The Morgan fingerprint density at radius 1 is 1.75 bits per heavy atom. The molecule has 0 saturated carbocycles. The van der Waals surface area contributed by atoms with Gasteiger partial charge in [-0.3, -0.25) is 0 Å². The molecular formula is C8H8BrNO2. The highest BCUT2D eigenvalue weighted by atomic mass is 79.9. The molecule has 1 heterocycles. The van der Waals surface area contributed by atoms with E-state index in [9.17, 15) is 4.79 Å². The summed E-state index contributed by atoms with van der Waals surface area (Å²) in [6.07, 6.45) is 0. The van der Waals surface area contributed by atoms with Crippen LogP contribution in [-0.2, 0) is 4.74 Å². The summed E-state index contributed by atoms with van der Waals surface area (Å²) in [5.41, 5.74) is -0.171. The predicted octanol–water partition coefficient (Wildman–Crippen LogP) is 1.94. The molecule has 0 fully saturated rings. The van der Waals surface area contributed by atoms with Crippen molar-refractivity contribution in [2.75, 3.05) is 7.11 Å². The van der Waals surface area contributed by atoms with E-state index in [4.69, 9.17) is 4.11 Å². The molecule has 0 radical (unpaired) electrons. The van der Waals surface area contributed by atoms with Gasteiger partial charge in [-0.2, -0.15) is 0 Å². The summed E-state index contributed by atoms with van der Waals surface area (Å²) in [5.74, 6) is -0.665. The average Bonchev–Trinajstić information content (AvgIpc) is 2.14. The first-order chi connectivity index (χ1) is 6.84. The van der Waals surface area contributed by atoms with Crippen molar-refractivity contribution in [1.29, 1.82) is 0 Å². The number of hydrogen-bond acceptors (Lipinski definition) is 3.